The van der Waals surface area contributed by atoms with Gasteiger partial charge in [0, 0.05) is 17.8 Å². The van der Waals surface area contributed by atoms with Crippen LogP contribution in [0.25, 0.3) is 0 Å². The Labute approximate surface area is 173 Å². The van der Waals surface area contributed by atoms with E-state index in [2.05, 4.69) is 25.6 Å². The van der Waals surface area contributed by atoms with Gasteiger partial charge in [-0.05, 0) is 66.8 Å². The molecule has 0 saturated heterocycles. The summed E-state index contributed by atoms with van der Waals surface area (Å²) in [6.45, 7) is 8.85. The third-order valence-corrected chi connectivity index (χ3v) is 9.38. The van der Waals surface area contributed by atoms with Crippen LogP contribution in [0.4, 0.5) is 4.39 Å². The van der Waals surface area contributed by atoms with Gasteiger partial charge in [0.05, 0.1) is 0 Å². The molecule has 5 rings (SSSR count). The molecule has 4 aliphatic carbocycles. The quantitative estimate of drug-likeness (QED) is 0.575. The molecule has 0 N–H and O–H groups in total. The van der Waals surface area contributed by atoms with Gasteiger partial charge in [0.1, 0.15) is 5.78 Å². The fraction of sp³-hybridized carbons (Fsp3) is 0.615. The van der Waals surface area contributed by atoms with Crippen LogP contribution in [0.15, 0.2) is 42.5 Å². The van der Waals surface area contributed by atoms with Crippen molar-refractivity contribution in [1.82, 2.24) is 0 Å². The second kappa shape index (κ2) is 6.36. The minimum atomic E-state index is -1.30. The molecule has 8 atom stereocenters. The van der Waals surface area contributed by atoms with E-state index in [9.17, 15) is 14.0 Å². The van der Waals surface area contributed by atoms with Gasteiger partial charge in [-0.3, -0.25) is 9.59 Å². The fourth-order valence-corrected chi connectivity index (χ4v) is 8.00. The topological polar surface area (TPSA) is 34.1 Å². The molecular weight excluding hydrogens is 363 g/mol. The number of hydrogen-bond donors (Lipinski definition) is 0. The summed E-state index contributed by atoms with van der Waals surface area (Å²) in [5.41, 5.74) is 1.74. The van der Waals surface area contributed by atoms with Crippen LogP contribution in [0.1, 0.15) is 63.9 Å². The van der Waals surface area contributed by atoms with E-state index in [0.29, 0.717) is 30.5 Å². The van der Waals surface area contributed by atoms with E-state index < -0.39 is 11.6 Å². The Morgan fingerprint density at radius 3 is 2.52 bits per heavy atom. The summed E-state index contributed by atoms with van der Waals surface area (Å²) in [5, 5.41) is 0. The van der Waals surface area contributed by atoms with E-state index in [-0.39, 0.29) is 29.0 Å². The SMILES string of the molecule is C=C1CC2C3CC(F)C(=O)C3(C)CCC2C2(C)CCC(=O)C(c3ccccc3)C12. The predicted molar refractivity (Wildman–Crippen MR) is 111 cm³/mol. The van der Waals surface area contributed by atoms with Gasteiger partial charge in [-0.25, -0.2) is 4.39 Å². The first-order valence-electron chi connectivity index (χ1n) is 11.2. The van der Waals surface area contributed by atoms with Gasteiger partial charge in [-0.15, -0.1) is 0 Å². The number of halogens is 1. The van der Waals surface area contributed by atoms with Crippen molar-refractivity contribution in [3.05, 3.63) is 48.0 Å². The standard InChI is InChI=1S/C26H31FO2/c1-15-13-17-18(9-11-26(3)19(17)14-20(27)24(26)29)25(2)12-10-21(28)22(23(15)25)16-7-5-4-6-8-16/h4-8,17-20,22-23H,1,9-14H2,2-3H3. The number of rotatable bonds is 1. The summed E-state index contributed by atoms with van der Waals surface area (Å²) in [7, 11) is 0. The number of Topliss-reactive ketones (excluding diaryl/α,β-unsaturated/α-hetero) is 2. The van der Waals surface area contributed by atoms with Gasteiger partial charge < -0.3 is 0 Å². The maximum absolute atomic E-state index is 14.5. The van der Waals surface area contributed by atoms with Gasteiger partial charge in [-0.2, -0.15) is 0 Å². The Morgan fingerprint density at radius 1 is 1.07 bits per heavy atom. The summed E-state index contributed by atoms with van der Waals surface area (Å²) in [6, 6.07) is 10.2. The highest BCUT2D eigenvalue weighted by atomic mass is 19.1. The molecular formula is C26H31FO2. The van der Waals surface area contributed by atoms with E-state index in [1.54, 1.807) is 0 Å². The fourth-order valence-electron chi connectivity index (χ4n) is 8.00. The lowest BCUT2D eigenvalue weighted by Gasteiger charge is -2.61. The zero-order valence-electron chi connectivity index (χ0n) is 17.5. The number of hydrogen-bond acceptors (Lipinski definition) is 2. The Kier molecular flexibility index (Phi) is 4.21. The summed E-state index contributed by atoms with van der Waals surface area (Å²) in [4.78, 5) is 25.7. The third kappa shape index (κ3) is 2.52. The molecule has 4 aliphatic rings. The molecule has 3 heteroatoms. The van der Waals surface area contributed by atoms with Crippen LogP contribution in [-0.2, 0) is 9.59 Å². The van der Waals surface area contributed by atoms with Crippen LogP contribution >= 0.6 is 0 Å². The van der Waals surface area contributed by atoms with E-state index in [4.69, 9.17) is 0 Å². The third-order valence-electron chi connectivity index (χ3n) is 9.38. The molecule has 4 fully saturated rings. The van der Waals surface area contributed by atoms with Gasteiger partial charge in [0.15, 0.2) is 12.0 Å². The second-order valence-corrected chi connectivity index (χ2v) is 10.6. The molecule has 0 spiro atoms. The Morgan fingerprint density at radius 2 is 1.79 bits per heavy atom. The minimum absolute atomic E-state index is 0.00675. The number of fused-ring (bicyclic) bond motifs is 5. The highest BCUT2D eigenvalue weighted by Gasteiger charge is 2.64. The maximum Gasteiger partial charge on any atom is 0.173 e. The minimum Gasteiger partial charge on any atom is -0.299 e. The van der Waals surface area contributed by atoms with Gasteiger partial charge in [-0.1, -0.05) is 56.3 Å². The lowest BCUT2D eigenvalue weighted by atomic mass is 9.42. The van der Waals surface area contributed by atoms with Crippen LogP contribution in [0.5, 0.6) is 0 Å². The highest BCUT2D eigenvalue weighted by molar-refractivity contribution is 5.91. The number of carbonyl (C=O) groups is 2. The summed E-state index contributed by atoms with van der Waals surface area (Å²) in [5.74, 6) is 1.07. The highest BCUT2D eigenvalue weighted by Crippen LogP contribution is 2.68. The lowest BCUT2D eigenvalue weighted by molar-refractivity contribution is -0.141. The van der Waals surface area contributed by atoms with Crippen molar-refractivity contribution in [1.29, 1.82) is 0 Å². The summed E-state index contributed by atoms with van der Waals surface area (Å²) >= 11 is 0. The molecule has 4 saturated carbocycles. The van der Waals surface area contributed by atoms with Crippen molar-refractivity contribution in [3.8, 4) is 0 Å². The first-order valence-corrected chi connectivity index (χ1v) is 11.2. The van der Waals surface area contributed by atoms with E-state index in [1.165, 1.54) is 0 Å². The number of benzene rings is 1. The van der Waals surface area contributed by atoms with Crippen molar-refractivity contribution in [2.24, 2.45) is 34.5 Å². The van der Waals surface area contributed by atoms with Crippen LogP contribution in [0, 0.1) is 34.5 Å². The monoisotopic (exact) mass is 394 g/mol. The van der Waals surface area contributed by atoms with Gasteiger partial charge >= 0.3 is 0 Å². The molecule has 0 bridgehead atoms. The number of carbonyl (C=O) groups excluding carboxylic acids is 2. The smallest absolute Gasteiger partial charge is 0.173 e. The van der Waals surface area contributed by atoms with Crippen LogP contribution in [0.3, 0.4) is 0 Å². The number of allylic oxidation sites excluding steroid dienone is 1. The molecule has 154 valence electrons. The zero-order valence-corrected chi connectivity index (χ0v) is 17.5. The van der Waals surface area contributed by atoms with Crippen LogP contribution < -0.4 is 0 Å². The first kappa shape index (κ1) is 19.2. The van der Waals surface area contributed by atoms with Crippen molar-refractivity contribution in [3.63, 3.8) is 0 Å². The molecule has 29 heavy (non-hydrogen) atoms. The Hall–Kier alpha value is -1.77. The molecule has 0 aromatic heterocycles. The molecule has 0 heterocycles. The molecule has 8 unspecified atom stereocenters. The Bertz CT molecular complexity index is 876. The predicted octanol–water partition coefficient (Wildman–Crippen LogP) is 5.68. The van der Waals surface area contributed by atoms with Gasteiger partial charge in [0.25, 0.3) is 0 Å². The summed E-state index contributed by atoms with van der Waals surface area (Å²) in [6.07, 6.45) is 3.16. The van der Waals surface area contributed by atoms with Crippen LogP contribution in [0.2, 0.25) is 0 Å². The van der Waals surface area contributed by atoms with Crippen molar-refractivity contribution >= 4 is 11.6 Å². The molecule has 0 amide bonds. The average molecular weight is 395 g/mol. The maximum atomic E-state index is 14.5. The summed E-state index contributed by atoms with van der Waals surface area (Å²) < 4.78 is 14.5. The van der Waals surface area contributed by atoms with E-state index >= 15 is 0 Å². The molecule has 0 aliphatic heterocycles. The Balaban J connectivity index is 1.55. The molecule has 1 aromatic carbocycles. The van der Waals surface area contributed by atoms with E-state index in [0.717, 1.165) is 36.8 Å². The van der Waals surface area contributed by atoms with Gasteiger partial charge in [0.2, 0.25) is 0 Å². The first-order chi connectivity index (χ1) is 13.8. The van der Waals surface area contributed by atoms with Crippen molar-refractivity contribution in [2.45, 2.75) is 64.5 Å². The second-order valence-electron chi connectivity index (χ2n) is 10.6. The van der Waals surface area contributed by atoms with Crippen molar-refractivity contribution in [2.75, 3.05) is 0 Å². The van der Waals surface area contributed by atoms with Crippen LogP contribution in [-0.4, -0.2) is 17.7 Å². The average Bonchev–Trinajstić information content (AvgIpc) is 2.94. The van der Waals surface area contributed by atoms with Crippen molar-refractivity contribution < 1.29 is 14.0 Å². The lowest BCUT2D eigenvalue weighted by Crippen LogP contribution is -2.56. The number of alkyl halides is 1. The molecule has 2 nitrogen and oxygen atoms in total. The molecule has 1 aromatic rings. The zero-order chi connectivity index (χ0) is 20.6. The normalized spacial score (nSPS) is 46.8. The van der Waals surface area contributed by atoms with E-state index in [1.807, 2.05) is 25.1 Å². The molecule has 0 radical (unpaired) electrons. The largest absolute Gasteiger partial charge is 0.299 e. The number of ketones is 2.